The van der Waals surface area contributed by atoms with Gasteiger partial charge >= 0.3 is 0 Å². The van der Waals surface area contributed by atoms with Crippen molar-refractivity contribution in [1.82, 2.24) is 41.1 Å². The van der Waals surface area contributed by atoms with Crippen LogP contribution in [0.25, 0.3) is 0 Å². The topological polar surface area (TPSA) is 400 Å². The van der Waals surface area contributed by atoms with E-state index in [2.05, 4.69) is 288 Å². The summed E-state index contributed by atoms with van der Waals surface area (Å²) >= 11 is 10.0. The number of thiocarbonyl (C=S) groups is 2. The van der Waals surface area contributed by atoms with Gasteiger partial charge in [-0.05, 0) is 251 Å². The molecule has 150 heavy (non-hydrogen) atoms. The molecule has 30 nitrogen and oxygen atoms in total. The van der Waals surface area contributed by atoms with Crippen molar-refractivity contribution < 1.29 is 42.8 Å². The fourth-order valence-corrected chi connectivity index (χ4v) is 15.7. The fraction of sp³-hybridized carbons (Fsp3) is 0.863. The van der Waals surface area contributed by atoms with Crippen molar-refractivity contribution in [3.05, 3.63) is 61.3 Å². The summed E-state index contributed by atoms with van der Waals surface area (Å²) in [6.07, 6.45) is 28.2. The predicted molar refractivity (Wildman–Crippen MR) is 653 cm³/mol. The van der Waals surface area contributed by atoms with E-state index in [1.165, 1.54) is 71.2 Å². The number of nitrogens with zero attached hydrogens (tertiary/aromatic N) is 5. The van der Waals surface area contributed by atoms with Crippen molar-refractivity contribution in [3.8, 4) is 0 Å². The van der Waals surface area contributed by atoms with Crippen LogP contribution < -0.4 is 100 Å². The highest BCUT2D eigenvalue weighted by molar-refractivity contribution is 7.88. The van der Waals surface area contributed by atoms with Crippen LogP contribution in [0.2, 0.25) is 0 Å². The number of likely N-dealkylation sites (N-methyl/N-ethyl adjacent to an activating group) is 1. The number of aliphatic hydroxyl groups excluding tert-OH is 3. The average Bonchev–Trinajstić information content (AvgIpc) is 0.774. The Kier molecular flexibility index (Phi) is 78.6. The van der Waals surface area contributed by atoms with Gasteiger partial charge in [0.1, 0.15) is 40.7 Å². The maximum absolute atomic E-state index is 11.8. The maximum atomic E-state index is 11.8. The number of methoxy groups -OCH3 is 1. The summed E-state index contributed by atoms with van der Waals surface area (Å²) in [4.78, 5) is 102. The van der Waals surface area contributed by atoms with Gasteiger partial charge in [0.25, 0.3) is 32.6 Å². The van der Waals surface area contributed by atoms with Crippen LogP contribution in [0, 0.1) is 65.5 Å². The van der Waals surface area contributed by atoms with Gasteiger partial charge in [-0.2, -0.15) is 0 Å². The summed E-state index contributed by atoms with van der Waals surface area (Å²) in [5.41, 5.74) is 10.6. The second-order valence-corrected chi connectivity index (χ2v) is 56.9. The summed E-state index contributed by atoms with van der Waals surface area (Å²) < 4.78 is 33.7. The van der Waals surface area contributed by atoms with E-state index in [9.17, 15) is 46.8 Å². The zero-order chi connectivity index (χ0) is 117. The molecule has 0 saturated carbocycles. The zero-order valence-electron chi connectivity index (χ0n) is 104. The third-order valence-electron chi connectivity index (χ3n) is 24.5. The Morgan fingerprint density at radius 3 is 1.03 bits per heavy atom. The van der Waals surface area contributed by atoms with Crippen LogP contribution in [-0.2, 0) is 29.1 Å². The lowest BCUT2D eigenvalue weighted by atomic mass is 9.80. The fourth-order valence-electron chi connectivity index (χ4n) is 15.0. The van der Waals surface area contributed by atoms with Crippen molar-refractivity contribution >= 4 is 90.6 Å². The molecule has 0 aliphatic carbocycles. The summed E-state index contributed by atoms with van der Waals surface area (Å²) in [7, 11) is 6.35. The van der Waals surface area contributed by atoms with Crippen molar-refractivity contribution in [2.45, 2.75) is 409 Å². The number of carbonyl (C=O) groups excluding carboxylic acids is 2. The molecule has 0 radical (unpaired) electrons. The summed E-state index contributed by atoms with van der Waals surface area (Å²) in [5.74, 6) is 0.651. The number of nitrogens with two attached hydrogens (primary N) is 1. The first-order valence-corrected chi connectivity index (χ1v) is 58.8. The number of aliphatic hydroxyl groups is 3. The van der Waals surface area contributed by atoms with Crippen LogP contribution in [0.3, 0.4) is 0 Å². The number of hydrogen-bond donors (Lipinski definition) is 13. The molecule has 6 rings (SSSR count). The lowest BCUT2D eigenvalue weighted by Gasteiger charge is -2.35. The van der Waals surface area contributed by atoms with E-state index in [1.807, 2.05) is 51.7 Å². The predicted octanol–water partition coefficient (Wildman–Crippen LogP) is 19.6. The van der Waals surface area contributed by atoms with Crippen LogP contribution in [0.5, 0.6) is 0 Å². The molecular weight excluding hydrogens is 1950 g/mol. The Labute approximate surface area is 926 Å². The number of hydrogen-bond acceptors (Lipinski definition) is 25. The first kappa shape index (κ1) is 152. The van der Waals surface area contributed by atoms with Gasteiger partial charge in [-0.1, -0.05) is 248 Å². The van der Waals surface area contributed by atoms with E-state index in [0.717, 1.165) is 198 Å². The van der Waals surface area contributed by atoms with Crippen LogP contribution in [0.15, 0.2) is 28.8 Å². The van der Waals surface area contributed by atoms with Crippen LogP contribution in [0.4, 0.5) is 34.1 Å². The third-order valence-corrected chi connectivity index (χ3v) is 26.1. The van der Waals surface area contributed by atoms with Crippen molar-refractivity contribution in [2.75, 3.05) is 217 Å². The quantitative estimate of drug-likeness (QED) is 0.0143. The van der Waals surface area contributed by atoms with E-state index in [0.29, 0.717) is 140 Å². The number of carbonyl (C=O) groups is 2. The number of unbranched alkanes of at least 4 members (excludes halogenated alkanes) is 2. The Hall–Kier alpha value is -6.01. The number of piperidine rings is 1. The van der Waals surface area contributed by atoms with Gasteiger partial charge in [0.15, 0.2) is 10.2 Å². The lowest BCUT2D eigenvalue weighted by molar-refractivity contribution is -0.124. The number of nitrogens with one attached hydrogen (secondary N) is 9. The molecule has 3 saturated heterocycles. The molecule has 2 atom stereocenters. The van der Waals surface area contributed by atoms with Gasteiger partial charge in [0.2, 0.25) is 21.8 Å². The SMILES string of the molecule is CC(=O)NCCCC(C)(C)C.CC(C)(C)CC(O)CO.CC(C)(C)CCCCCN.CC(C)(C)CCCNS(C)(=O)=O.CC(C)(C)CCCNc1c(N2CCCCC2)c(=O)c1=O.CC(C)(C)CCCNc1c(N2CCOCC2)c(=O)c1=O.CC(CCO)C(C)(C)C.CN(C)C(=S)NCCCC(C)(C)C.CN1CCN(c2c(NCCCC(C)(C)C)c(=O)c2=O)CC1.CNC(=S)NCCCC(C)(C)C.COCC(=O)NCCCC(C)(C)C. The Morgan fingerprint density at radius 1 is 0.433 bits per heavy atom. The molecule has 3 aromatic rings. The number of ether oxygens (including phenoxy) is 2. The molecule has 14 N–H and O–H groups in total. The van der Waals surface area contributed by atoms with Gasteiger partial charge in [0.05, 0.1) is 32.2 Å². The first-order chi connectivity index (χ1) is 68.4. The molecule has 2 unspecified atom stereocenters. The molecule has 0 bridgehead atoms. The van der Waals surface area contributed by atoms with Crippen LogP contribution >= 0.6 is 24.4 Å². The minimum atomic E-state index is -2.99. The Balaban J connectivity index is -0.000000521. The average molecular weight is 2190 g/mol. The molecule has 3 fully saturated rings. The van der Waals surface area contributed by atoms with Crippen molar-refractivity contribution in [1.29, 1.82) is 0 Å². The normalized spacial score (nSPS) is 14.3. The highest BCUT2D eigenvalue weighted by Crippen LogP contribution is 2.32. The number of sulfonamides is 1. The molecule has 3 aliphatic heterocycles. The maximum Gasteiger partial charge on any atom is 0.253 e. The van der Waals surface area contributed by atoms with Crippen LogP contribution in [-0.4, -0.2) is 248 Å². The first-order valence-electron chi connectivity index (χ1n) is 56.1. The Bertz CT molecular complexity index is 4270. The molecule has 33 heteroatoms. The van der Waals surface area contributed by atoms with E-state index >= 15 is 0 Å². The second kappa shape index (κ2) is 77.4. The molecule has 2 amide bonds. The third kappa shape index (κ3) is 90.1. The van der Waals surface area contributed by atoms with Crippen molar-refractivity contribution in [3.63, 3.8) is 0 Å². The second-order valence-electron chi connectivity index (χ2n) is 54.3. The van der Waals surface area contributed by atoms with Crippen molar-refractivity contribution in [2.24, 2.45) is 71.2 Å². The summed E-state index contributed by atoms with van der Waals surface area (Å²) in [6, 6.07) is 0. The molecule has 0 spiro atoms. The molecule has 884 valence electrons. The minimum absolute atomic E-state index is 0.0311. The highest BCUT2D eigenvalue weighted by atomic mass is 32.2. The number of rotatable bonds is 41. The highest BCUT2D eigenvalue weighted by Gasteiger charge is 2.32. The smallest absolute Gasteiger partial charge is 0.253 e. The van der Waals surface area contributed by atoms with Gasteiger partial charge in [-0.15, -0.1) is 0 Å². The minimum Gasteiger partial charge on any atom is -0.396 e. The number of anilines is 6. The largest absolute Gasteiger partial charge is 0.396 e. The summed E-state index contributed by atoms with van der Waals surface area (Å²) in [6.45, 7) is 91.8. The monoisotopic (exact) mass is 2180 g/mol. The summed E-state index contributed by atoms with van der Waals surface area (Å²) in [5, 5.41) is 51.9. The van der Waals surface area contributed by atoms with Crippen LogP contribution in [0.1, 0.15) is 403 Å². The number of piperazine rings is 1. The Morgan fingerprint density at radius 2 is 0.747 bits per heavy atom. The lowest BCUT2D eigenvalue weighted by Crippen LogP contribution is -2.50. The zero-order valence-corrected chi connectivity index (χ0v) is 106. The van der Waals surface area contributed by atoms with Gasteiger partial charge in [-0.25, -0.2) is 13.1 Å². The molecule has 3 aliphatic rings. The molecule has 3 heterocycles. The number of morpholine rings is 1. The van der Waals surface area contributed by atoms with E-state index in [1.54, 1.807) is 6.92 Å². The van der Waals surface area contributed by atoms with E-state index < -0.39 is 16.1 Å². The van der Waals surface area contributed by atoms with E-state index in [-0.39, 0.29) is 63.0 Å². The van der Waals surface area contributed by atoms with Gasteiger partial charge in [0, 0.05) is 146 Å². The molecule has 0 aromatic heterocycles. The molecule has 3 aromatic carbocycles. The standard InChI is InChI=1S/C16H27N3O2.C16H26N2O2.C15H24N2O3.C10H22N2S.C10H21NO2.C9H20N2S.C9H19NO.C9H21N.C8H19NO2S.C8H18O.C7H16O2/c1-16(2,3)6-5-7-17-12-13(15(21)14(12)20)19-10-8-18(4)9-11-19;1-16(2,3)8-7-9-17-12-13(15(20)14(12)19)18-10-5-4-6-11-18;1-15(2,3)5-4-6-16-11-12(14(19)13(11)18)17-7-9-20-10-8-17;1-10(2,3)7-6-8-11-9(13)12(4)5;1-10(2,3)6-5-7-11-9(12)8-13-4;1-9(2,3)6-5-7-11-8(12)10-4;1-8(11)10-7-5-6-9(2,3)4;1-9(2,3)7-5-4-6-8-10;1-8(2,3)6-5-7-9-12(4,10)11;1-7(5-6-9)8(2,3)4;1-7(2,3)4-6(9)5-8/h17H,5-11H2,1-4H3;17H,4-11H2,1-3H3;16H,4-10H2,1-3H3;6-8H2,1-5H3,(H,11,13);5-8H2,1-4H3,(H,11,12);5-7H2,1-4H3,(H2,10,11,12);5-7H2,1-4H3,(H,10,11);4-8,10H2,1-3H3;9H,5-7H2,1-4H3;7,9H,5-6H2,1-4H3;6,8-9H,4-5H2,1-3H3. The van der Waals surface area contributed by atoms with E-state index in [4.69, 9.17) is 50.2 Å². The number of amides is 2. The van der Waals surface area contributed by atoms with Gasteiger partial charge in [-0.3, -0.25) is 38.4 Å². The van der Waals surface area contributed by atoms with Gasteiger partial charge < -0.3 is 97.6 Å². The molecular formula is C117H233N15O15S3.